The van der Waals surface area contributed by atoms with Gasteiger partial charge in [-0.15, -0.1) is 0 Å². The summed E-state index contributed by atoms with van der Waals surface area (Å²) in [6.45, 7) is 1.57. The van der Waals surface area contributed by atoms with E-state index in [0.29, 0.717) is 12.1 Å². The van der Waals surface area contributed by atoms with Crippen LogP contribution >= 0.6 is 0 Å². The van der Waals surface area contributed by atoms with Crippen LogP contribution in [0.15, 0.2) is 0 Å². The third-order valence-corrected chi connectivity index (χ3v) is 5.27. The van der Waals surface area contributed by atoms with Crippen molar-refractivity contribution in [3.63, 3.8) is 0 Å². The fourth-order valence-corrected chi connectivity index (χ4v) is 4.40. The molecule has 1 N–H and O–H groups in total. The predicted molar refractivity (Wildman–Crippen MR) is 72.1 cm³/mol. The molecule has 0 radical (unpaired) electrons. The number of carboxylic acids is 1. The van der Waals surface area contributed by atoms with Crippen molar-refractivity contribution in [3.05, 3.63) is 0 Å². The molecule has 0 aromatic heterocycles. The van der Waals surface area contributed by atoms with E-state index < -0.39 is 5.97 Å². The van der Waals surface area contributed by atoms with Crippen molar-refractivity contribution in [2.75, 3.05) is 13.2 Å². The van der Waals surface area contributed by atoms with Crippen LogP contribution < -0.4 is 0 Å². The van der Waals surface area contributed by atoms with Gasteiger partial charge in [0.2, 0.25) is 0 Å². The average molecular weight is 267 g/mol. The van der Waals surface area contributed by atoms with Crippen LogP contribution in [0.3, 0.4) is 0 Å². The number of piperidine rings is 1. The molecule has 3 rings (SSSR count). The van der Waals surface area contributed by atoms with Crippen LogP contribution in [0.25, 0.3) is 0 Å². The lowest BCUT2D eigenvalue weighted by atomic mass is 9.75. The molecule has 0 aromatic carbocycles. The quantitative estimate of drug-likeness (QED) is 0.834. The summed E-state index contributed by atoms with van der Waals surface area (Å²) in [6.07, 6.45) is 9.17. The van der Waals surface area contributed by atoms with E-state index in [1.165, 1.54) is 25.7 Å². The summed E-state index contributed by atoms with van der Waals surface area (Å²) in [5.41, 5.74) is 0. The molecule has 2 aliphatic heterocycles. The van der Waals surface area contributed by atoms with Gasteiger partial charge in [-0.25, -0.2) is 0 Å². The van der Waals surface area contributed by atoms with Crippen molar-refractivity contribution in [1.29, 1.82) is 0 Å². The highest BCUT2D eigenvalue weighted by Gasteiger charge is 2.44. The summed E-state index contributed by atoms with van der Waals surface area (Å²) < 4.78 is 5.61. The second-order valence-corrected chi connectivity index (χ2v) is 6.36. The highest BCUT2D eigenvalue weighted by Crippen LogP contribution is 2.40. The zero-order valence-electron chi connectivity index (χ0n) is 11.6. The largest absolute Gasteiger partial charge is 0.480 e. The minimum Gasteiger partial charge on any atom is -0.480 e. The van der Waals surface area contributed by atoms with E-state index in [9.17, 15) is 9.90 Å². The van der Waals surface area contributed by atoms with E-state index in [0.717, 1.165) is 44.8 Å². The van der Waals surface area contributed by atoms with Gasteiger partial charge in [-0.05, 0) is 44.4 Å². The Bertz CT molecular complexity index is 327. The molecule has 1 aliphatic carbocycles. The zero-order chi connectivity index (χ0) is 13.2. The topological polar surface area (TPSA) is 49.8 Å². The second-order valence-electron chi connectivity index (χ2n) is 6.36. The van der Waals surface area contributed by atoms with Gasteiger partial charge in [-0.2, -0.15) is 0 Å². The maximum absolute atomic E-state index is 11.6. The van der Waals surface area contributed by atoms with Gasteiger partial charge in [0.15, 0.2) is 0 Å². The van der Waals surface area contributed by atoms with Gasteiger partial charge in [-0.3, -0.25) is 9.69 Å². The Hall–Kier alpha value is -0.610. The van der Waals surface area contributed by atoms with E-state index in [2.05, 4.69) is 4.90 Å². The number of hydrogen-bond acceptors (Lipinski definition) is 3. The second kappa shape index (κ2) is 5.80. The first kappa shape index (κ1) is 13.4. The van der Waals surface area contributed by atoms with Crippen LogP contribution in [-0.4, -0.2) is 47.3 Å². The third-order valence-electron chi connectivity index (χ3n) is 5.27. The third kappa shape index (κ3) is 2.65. The molecule has 4 unspecified atom stereocenters. The molecule has 4 heteroatoms. The summed E-state index contributed by atoms with van der Waals surface area (Å²) in [6, 6.07) is 0.557. The summed E-state index contributed by atoms with van der Waals surface area (Å²) in [5.74, 6) is 0.0980. The van der Waals surface area contributed by atoms with Crippen LogP contribution in [-0.2, 0) is 9.53 Å². The molecule has 0 spiro atoms. The molecule has 3 fully saturated rings. The Kier molecular flexibility index (Phi) is 4.08. The maximum Gasteiger partial charge on any atom is 0.320 e. The normalized spacial score (nSPS) is 40.6. The molecule has 1 saturated carbocycles. The van der Waals surface area contributed by atoms with Crippen molar-refractivity contribution in [3.8, 4) is 0 Å². The van der Waals surface area contributed by atoms with Crippen LogP contribution in [0, 0.1) is 5.92 Å². The first-order chi connectivity index (χ1) is 9.27. The summed E-state index contributed by atoms with van der Waals surface area (Å²) in [4.78, 5) is 13.9. The molecule has 0 aromatic rings. The number of hydrogen-bond donors (Lipinski definition) is 1. The maximum atomic E-state index is 11.6. The van der Waals surface area contributed by atoms with Crippen LogP contribution in [0.1, 0.15) is 51.4 Å². The molecule has 108 valence electrons. The number of nitrogens with zero attached hydrogens (tertiary/aromatic N) is 1. The lowest BCUT2D eigenvalue weighted by Crippen LogP contribution is -2.60. The molecule has 0 bridgehead atoms. The number of ether oxygens (including phenoxy) is 1. The van der Waals surface area contributed by atoms with E-state index >= 15 is 0 Å². The Morgan fingerprint density at radius 2 is 1.89 bits per heavy atom. The Labute approximate surface area is 115 Å². The fourth-order valence-electron chi connectivity index (χ4n) is 4.40. The molecule has 4 nitrogen and oxygen atoms in total. The van der Waals surface area contributed by atoms with E-state index in [-0.39, 0.29) is 6.04 Å². The van der Waals surface area contributed by atoms with Crippen LogP contribution in [0.4, 0.5) is 0 Å². The minimum absolute atomic E-state index is 0.272. The van der Waals surface area contributed by atoms with Gasteiger partial charge in [0, 0.05) is 18.7 Å². The van der Waals surface area contributed by atoms with Gasteiger partial charge in [0.25, 0.3) is 0 Å². The van der Waals surface area contributed by atoms with Crippen LogP contribution in [0.2, 0.25) is 0 Å². The highest BCUT2D eigenvalue weighted by atomic mass is 16.5. The van der Waals surface area contributed by atoms with Crippen molar-refractivity contribution < 1.29 is 14.6 Å². The van der Waals surface area contributed by atoms with E-state index in [1.807, 2.05) is 0 Å². The predicted octanol–water partition coefficient (Wildman–Crippen LogP) is 2.27. The molecule has 4 atom stereocenters. The lowest BCUT2D eigenvalue weighted by Gasteiger charge is -2.51. The first-order valence-corrected chi connectivity index (χ1v) is 7.85. The first-order valence-electron chi connectivity index (χ1n) is 7.85. The number of likely N-dealkylation sites (tertiary alicyclic amines) is 1. The molecular formula is C15H25NO3. The summed E-state index contributed by atoms with van der Waals surface area (Å²) in [5, 5.41) is 9.55. The number of carbonyl (C=O) groups is 1. The van der Waals surface area contributed by atoms with E-state index in [1.54, 1.807) is 0 Å². The molecule has 0 amide bonds. The molecular weight excluding hydrogens is 242 g/mol. The van der Waals surface area contributed by atoms with Gasteiger partial charge < -0.3 is 9.84 Å². The fraction of sp³-hybridized carbons (Fsp3) is 0.933. The Morgan fingerprint density at radius 1 is 1.05 bits per heavy atom. The number of rotatable bonds is 2. The molecule has 3 aliphatic rings. The van der Waals surface area contributed by atoms with Gasteiger partial charge >= 0.3 is 5.97 Å². The van der Waals surface area contributed by atoms with Crippen molar-refractivity contribution >= 4 is 5.97 Å². The average Bonchev–Trinajstić information content (AvgIpc) is 2.46. The SMILES string of the molecule is O=C(O)C1CCC2CCCCC2N1C1CCCOC1. The molecule has 2 heterocycles. The highest BCUT2D eigenvalue weighted by molar-refractivity contribution is 5.73. The molecule has 19 heavy (non-hydrogen) atoms. The summed E-state index contributed by atoms with van der Waals surface area (Å²) in [7, 11) is 0. The zero-order valence-corrected chi connectivity index (χ0v) is 11.6. The number of fused-ring (bicyclic) bond motifs is 1. The number of aliphatic carboxylic acids is 1. The van der Waals surface area contributed by atoms with Crippen molar-refractivity contribution in [2.24, 2.45) is 5.92 Å². The Morgan fingerprint density at radius 3 is 2.63 bits per heavy atom. The van der Waals surface area contributed by atoms with Crippen molar-refractivity contribution in [1.82, 2.24) is 4.90 Å². The van der Waals surface area contributed by atoms with Gasteiger partial charge in [-0.1, -0.05) is 12.8 Å². The van der Waals surface area contributed by atoms with Gasteiger partial charge in [0.1, 0.15) is 6.04 Å². The molecule has 2 saturated heterocycles. The summed E-state index contributed by atoms with van der Waals surface area (Å²) >= 11 is 0. The smallest absolute Gasteiger partial charge is 0.320 e. The van der Waals surface area contributed by atoms with Crippen molar-refractivity contribution in [2.45, 2.75) is 69.5 Å². The standard InChI is InChI=1S/C15H25NO3/c17-15(18)14-8-7-11-4-1-2-6-13(11)16(14)12-5-3-9-19-10-12/h11-14H,1-10H2,(H,17,18). The number of carboxylic acid groups (broad SMARTS) is 1. The monoisotopic (exact) mass is 267 g/mol. The van der Waals surface area contributed by atoms with E-state index in [4.69, 9.17) is 4.74 Å². The Balaban J connectivity index is 1.80. The minimum atomic E-state index is -0.630. The van der Waals surface area contributed by atoms with Crippen LogP contribution in [0.5, 0.6) is 0 Å². The lowest BCUT2D eigenvalue weighted by molar-refractivity contribution is -0.153. The van der Waals surface area contributed by atoms with Gasteiger partial charge in [0.05, 0.1) is 6.61 Å².